The molecular weight excluding hydrogens is 349 g/mol. The number of hydrogen-bond acceptors (Lipinski definition) is 2. The average Bonchev–Trinajstić information content (AvgIpc) is 2.37. The van der Waals surface area contributed by atoms with Crippen LogP contribution in [0.3, 0.4) is 0 Å². The average molecular weight is 361 g/mol. The lowest BCUT2D eigenvalue weighted by Gasteiger charge is -2.18. The van der Waals surface area contributed by atoms with Crippen LogP contribution >= 0.6 is 39.1 Å². The highest BCUT2D eigenvalue weighted by molar-refractivity contribution is 9.10. The molecule has 2 N–H and O–H groups in total. The van der Waals surface area contributed by atoms with Gasteiger partial charge >= 0.3 is 0 Å². The molecular formula is C14H12BrCl2NO. The quantitative estimate of drug-likeness (QED) is 0.852. The second-order valence-electron chi connectivity index (χ2n) is 4.04. The molecule has 2 rings (SSSR count). The van der Waals surface area contributed by atoms with E-state index >= 15 is 0 Å². The van der Waals surface area contributed by atoms with Gasteiger partial charge in [-0.1, -0.05) is 35.3 Å². The summed E-state index contributed by atoms with van der Waals surface area (Å²) in [7, 11) is 1.60. The van der Waals surface area contributed by atoms with E-state index in [1.165, 1.54) is 0 Å². The summed E-state index contributed by atoms with van der Waals surface area (Å²) in [6.45, 7) is 0. The van der Waals surface area contributed by atoms with Crippen molar-refractivity contribution >= 4 is 39.1 Å². The van der Waals surface area contributed by atoms with Gasteiger partial charge in [-0.15, -0.1) is 0 Å². The van der Waals surface area contributed by atoms with E-state index in [1.807, 2.05) is 24.3 Å². The molecule has 100 valence electrons. The van der Waals surface area contributed by atoms with Gasteiger partial charge in [0, 0.05) is 15.6 Å². The molecule has 0 bridgehead atoms. The third-order valence-corrected chi connectivity index (χ3v) is 3.83. The largest absolute Gasteiger partial charge is 0.495 e. The lowest BCUT2D eigenvalue weighted by molar-refractivity contribution is 0.405. The predicted octanol–water partition coefficient (Wildman–Crippen LogP) is 4.81. The Morgan fingerprint density at radius 3 is 2.53 bits per heavy atom. The van der Waals surface area contributed by atoms with E-state index in [2.05, 4.69) is 15.9 Å². The highest BCUT2D eigenvalue weighted by Gasteiger charge is 2.17. The Hall–Kier alpha value is -0.740. The second-order valence-corrected chi connectivity index (χ2v) is 5.77. The molecule has 2 aromatic rings. The maximum Gasteiger partial charge on any atom is 0.138 e. The molecule has 0 aliphatic heterocycles. The molecule has 0 aliphatic rings. The van der Waals surface area contributed by atoms with Crippen LogP contribution in [0, 0.1) is 0 Å². The van der Waals surface area contributed by atoms with E-state index in [0.717, 1.165) is 15.6 Å². The van der Waals surface area contributed by atoms with Crippen LogP contribution in [-0.2, 0) is 0 Å². The fraction of sp³-hybridized carbons (Fsp3) is 0.143. The van der Waals surface area contributed by atoms with Crippen molar-refractivity contribution in [2.24, 2.45) is 5.73 Å². The lowest BCUT2D eigenvalue weighted by Crippen LogP contribution is -2.13. The van der Waals surface area contributed by atoms with E-state index in [1.54, 1.807) is 19.2 Å². The minimum Gasteiger partial charge on any atom is -0.495 e. The van der Waals surface area contributed by atoms with Crippen LogP contribution in [0.1, 0.15) is 17.2 Å². The van der Waals surface area contributed by atoms with E-state index < -0.39 is 0 Å². The SMILES string of the molecule is COc1c(Br)cc(Cl)cc1C(N)c1cccc(Cl)c1. The summed E-state index contributed by atoms with van der Waals surface area (Å²) in [4.78, 5) is 0. The van der Waals surface area contributed by atoms with Gasteiger partial charge in [-0.2, -0.15) is 0 Å². The van der Waals surface area contributed by atoms with Gasteiger partial charge in [0.15, 0.2) is 0 Å². The maximum atomic E-state index is 6.28. The van der Waals surface area contributed by atoms with Crippen LogP contribution in [0.15, 0.2) is 40.9 Å². The first-order valence-corrected chi connectivity index (χ1v) is 7.11. The van der Waals surface area contributed by atoms with Gasteiger partial charge in [0.05, 0.1) is 17.6 Å². The summed E-state index contributed by atoms with van der Waals surface area (Å²) < 4.78 is 6.16. The normalized spacial score (nSPS) is 12.3. The zero-order valence-electron chi connectivity index (χ0n) is 10.2. The molecule has 0 saturated carbocycles. The number of halogens is 3. The number of benzene rings is 2. The van der Waals surface area contributed by atoms with Gasteiger partial charge in [-0.05, 0) is 45.8 Å². The Morgan fingerprint density at radius 1 is 1.16 bits per heavy atom. The fourth-order valence-corrected chi connectivity index (χ4v) is 3.10. The van der Waals surface area contributed by atoms with Crippen molar-refractivity contribution in [2.75, 3.05) is 7.11 Å². The Balaban J connectivity index is 2.52. The summed E-state index contributed by atoms with van der Waals surface area (Å²) in [5, 5.41) is 1.24. The molecule has 5 heteroatoms. The number of ether oxygens (including phenoxy) is 1. The van der Waals surface area contributed by atoms with Crippen molar-refractivity contribution < 1.29 is 4.74 Å². The van der Waals surface area contributed by atoms with Gasteiger partial charge in [0.25, 0.3) is 0 Å². The minimum atomic E-state index is -0.358. The number of methoxy groups -OCH3 is 1. The van der Waals surface area contributed by atoms with Crippen LogP contribution in [-0.4, -0.2) is 7.11 Å². The highest BCUT2D eigenvalue weighted by Crippen LogP contribution is 2.37. The van der Waals surface area contributed by atoms with Crippen molar-refractivity contribution in [3.05, 3.63) is 62.0 Å². The monoisotopic (exact) mass is 359 g/mol. The van der Waals surface area contributed by atoms with Crippen LogP contribution in [0.2, 0.25) is 10.0 Å². The minimum absolute atomic E-state index is 0.358. The van der Waals surface area contributed by atoms with Crippen molar-refractivity contribution in [2.45, 2.75) is 6.04 Å². The maximum absolute atomic E-state index is 6.28. The molecule has 0 heterocycles. The first kappa shape index (κ1) is 14.7. The van der Waals surface area contributed by atoms with Gasteiger partial charge in [0.1, 0.15) is 5.75 Å². The zero-order chi connectivity index (χ0) is 14.0. The van der Waals surface area contributed by atoms with Crippen LogP contribution < -0.4 is 10.5 Å². The summed E-state index contributed by atoms with van der Waals surface area (Å²) in [6, 6.07) is 10.6. The topological polar surface area (TPSA) is 35.2 Å². The molecule has 0 aromatic heterocycles. The first-order chi connectivity index (χ1) is 9.02. The third kappa shape index (κ3) is 3.23. The van der Waals surface area contributed by atoms with Crippen LogP contribution in [0.25, 0.3) is 0 Å². The van der Waals surface area contributed by atoms with Crippen LogP contribution in [0.5, 0.6) is 5.75 Å². The number of nitrogens with two attached hydrogens (primary N) is 1. The first-order valence-electron chi connectivity index (χ1n) is 5.57. The van der Waals surface area contributed by atoms with E-state index in [9.17, 15) is 0 Å². The summed E-state index contributed by atoms with van der Waals surface area (Å²) >= 11 is 15.5. The van der Waals surface area contributed by atoms with E-state index in [0.29, 0.717) is 15.8 Å². The van der Waals surface area contributed by atoms with Gasteiger partial charge in [-0.3, -0.25) is 0 Å². The molecule has 1 unspecified atom stereocenters. The van der Waals surface area contributed by atoms with Crippen molar-refractivity contribution in [3.8, 4) is 5.75 Å². The molecule has 0 amide bonds. The Kier molecular flexibility index (Phi) is 4.74. The Labute approximate surface area is 130 Å². The molecule has 19 heavy (non-hydrogen) atoms. The molecule has 1 atom stereocenters. The Morgan fingerprint density at radius 2 is 1.89 bits per heavy atom. The second kappa shape index (κ2) is 6.14. The van der Waals surface area contributed by atoms with Crippen molar-refractivity contribution in [1.29, 1.82) is 0 Å². The van der Waals surface area contributed by atoms with Crippen LogP contribution in [0.4, 0.5) is 0 Å². The highest BCUT2D eigenvalue weighted by atomic mass is 79.9. The molecule has 0 spiro atoms. The molecule has 0 radical (unpaired) electrons. The molecule has 0 fully saturated rings. The molecule has 0 aliphatic carbocycles. The lowest BCUT2D eigenvalue weighted by atomic mass is 9.99. The van der Waals surface area contributed by atoms with Crippen molar-refractivity contribution in [3.63, 3.8) is 0 Å². The smallest absolute Gasteiger partial charge is 0.138 e. The summed E-state index contributed by atoms with van der Waals surface area (Å²) in [5.74, 6) is 0.678. The fourth-order valence-electron chi connectivity index (χ4n) is 1.91. The van der Waals surface area contributed by atoms with Gasteiger partial charge < -0.3 is 10.5 Å². The molecule has 2 nitrogen and oxygen atoms in total. The number of hydrogen-bond donors (Lipinski definition) is 1. The summed E-state index contributed by atoms with van der Waals surface area (Å²) in [6.07, 6.45) is 0. The Bertz CT molecular complexity index is 604. The predicted molar refractivity (Wildman–Crippen MR) is 83.2 cm³/mol. The molecule has 0 saturated heterocycles. The zero-order valence-corrected chi connectivity index (χ0v) is 13.3. The van der Waals surface area contributed by atoms with Crippen molar-refractivity contribution in [1.82, 2.24) is 0 Å². The van der Waals surface area contributed by atoms with E-state index in [-0.39, 0.29) is 6.04 Å². The third-order valence-electron chi connectivity index (χ3n) is 2.78. The van der Waals surface area contributed by atoms with Gasteiger partial charge in [0.2, 0.25) is 0 Å². The summed E-state index contributed by atoms with van der Waals surface area (Å²) in [5.41, 5.74) is 7.99. The standard InChI is InChI=1S/C14H12BrCl2NO/c1-19-14-11(6-10(17)7-12(14)15)13(18)8-3-2-4-9(16)5-8/h2-7,13H,18H2,1H3. The molecule has 2 aromatic carbocycles. The van der Waals surface area contributed by atoms with Gasteiger partial charge in [-0.25, -0.2) is 0 Å². The van der Waals surface area contributed by atoms with E-state index in [4.69, 9.17) is 33.7 Å². The number of rotatable bonds is 3.